The summed E-state index contributed by atoms with van der Waals surface area (Å²) >= 11 is 0. The van der Waals surface area contributed by atoms with E-state index < -0.39 is 0 Å². The van der Waals surface area contributed by atoms with Gasteiger partial charge in [-0.05, 0) is 24.2 Å². The Morgan fingerprint density at radius 1 is 0.688 bits per heavy atom. The van der Waals surface area contributed by atoms with E-state index in [-0.39, 0.29) is 5.56 Å². The molecule has 0 fully saturated rings. The zero-order valence-electron chi connectivity index (χ0n) is 18.7. The second kappa shape index (κ2) is 10.2. The maximum atomic E-state index is 13.8. The third kappa shape index (κ3) is 4.56. The maximum absolute atomic E-state index is 13.8. The van der Waals surface area contributed by atoms with Gasteiger partial charge in [0.2, 0.25) is 0 Å². The van der Waals surface area contributed by atoms with Gasteiger partial charge in [-0.1, -0.05) is 105 Å². The SMILES string of the molecule is CCN(CC)CCn1nc(-c2ccccc2)c(-c2ccccc2)c(-c2ccccc2)c1=O. The van der Waals surface area contributed by atoms with Crippen molar-refractivity contribution in [3.8, 4) is 33.5 Å². The van der Waals surface area contributed by atoms with Crippen LogP contribution in [-0.4, -0.2) is 34.3 Å². The van der Waals surface area contributed by atoms with Crippen LogP contribution in [-0.2, 0) is 6.54 Å². The highest BCUT2D eigenvalue weighted by Crippen LogP contribution is 2.36. The van der Waals surface area contributed by atoms with E-state index in [2.05, 4.69) is 43.0 Å². The fourth-order valence-corrected chi connectivity index (χ4v) is 4.05. The lowest BCUT2D eigenvalue weighted by atomic mass is 9.92. The first-order valence-electron chi connectivity index (χ1n) is 11.3. The van der Waals surface area contributed by atoms with Crippen LogP contribution in [0.5, 0.6) is 0 Å². The van der Waals surface area contributed by atoms with Gasteiger partial charge in [0.05, 0.1) is 17.8 Å². The molecule has 3 aromatic carbocycles. The number of aromatic nitrogens is 2. The van der Waals surface area contributed by atoms with Gasteiger partial charge in [-0.15, -0.1) is 0 Å². The molecule has 0 aliphatic rings. The van der Waals surface area contributed by atoms with Crippen LogP contribution in [0.1, 0.15) is 13.8 Å². The third-order valence-corrected chi connectivity index (χ3v) is 5.85. The summed E-state index contributed by atoms with van der Waals surface area (Å²) in [5.74, 6) is 0. The van der Waals surface area contributed by atoms with E-state index in [4.69, 9.17) is 5.10 Å². The second-order valence-corrected chi connectivity index (χ2v) is 7.75. The Hall–Kier alpha value is -3.50. The van der Waals surface area contributed by atoms with Crippen molar-refractivity contribution in [1.29, 1.82) is 0 Å². The normalized spacial score (nSPS) is 11.1. The van der Waals surface area contributed by atoms with E-state index in [1.807, 2.05) is 66.7 Å². The van der Waals surface area contributed by atoms with Gasteiger partial charge in [0, 0.05) is 17.7 Å². The number of nitrogens with zero attached hydrogens (tertiary/aromatic N) is 3. The van der Waals surface area contributed by atoms with Crippen molar-refractivity contribution in [3.05, 3.63) is 101 Å². The third-order valence-electron chi connectivity index (χ3n) is 5.85. The van der Waals surface area contributed by atoms with Crippen molar-refractivity contribution in [1.82, 2.24) is 14.7 Å². The topological polar surface area (TPSA) is 38.1 Å². The summed E-state index contributed by atoms with van der Waals surface area (Å²) in [6.45, 7) is 7.52. The summed E-state index contributed by atoms with van der Waals surface area (Å²) in [4.78, 5) is 16.1. The van der Waals surface area contributed by atoms with Crippen molar-refractivity contribution < 1.29 is 0 Å². The Labute approximate surface area is 189 Å². The minimum atomic E-state index is -0.0538. The molecule has 4 rings (SSSR count). The first kappa shape index (κ1) is 21.7. The van der Waals surface area contributed by atoms with Crippen molar-refractivity contribution in [2.75, 3.05) is 19.6 Å². The van der Waals surface area contributed by atoms with Crippen LogP contribution in [0.2, 0.25) is 0 Å². The predicted molar refractivity (Wildman–Crippen MR) is 133 cm³/mol. The molecular formula is C28H29N3O. The van der Waals surface area contributed by atoms with Crippen molar-refractivity contribution in [2.45, 2.75) is 20.4 Å². The summed E-state index contributed by atoms with van der Waals surface area (Å²) in [6, 6.07) is 30.2. The van der Waals surface area contributed by atoms with Crippen LogP contribution in [0.4, 0.5) is 0 Å². The van der Waals surface area contributed by atoms with Crippen LogP contribution in [0, 0.1) is 0 Å². The summed E-state index contributed by atoms with van der Waals surface area (Å²) in [7, 11) is 0. The van der Waals surface area contributed by atoms with Gasteiger partial charge in [-0.25, -0.2) is 4.68 Å². The molecule has 0 aliphatic carbocycles. The zero-order valence-corrected chi connectivity index (χ0v) is 18.7. The molecule has 4 nitrogen and oxygen atoms in total. The smallest absolute Gasteiger partial charge is 0.275 e. The summed E-state index contributed by atoms with van der Waals surface area (Å²) < 4.78 is 1.65. The molecule has 4 heteroatoms. The molecule has 0 saturated carbocycles. The molecule has 32 heavy (non-hydrogen) atoms. The van der Waals surface area contributed by atoms with Gasteiger partial charge in [-0.3, -0.25) is 4.79 Å². The second-order valence-electron chi connectivity index (χ2n) is 7.75. The van der Waals surface area contributed by atoms with Crippen molar-refractivity contribution in [2.24, 2.45) is 0 Å². The molecule has 0 aliphatic heterocycles. The molecule has 0 atom stereocenters. The fourth-order valence-electron chi connectivity index (χ4n) is 4.05. The molecule has 0 saturated heterocycles. The van der Waals surface area contributed by atoms with Crippen LogP contribution in [0.25, 0.3) is 33.5 Å². The monoisotopic (exact) mass is 423 g/mol. The van der Waals surface area contributed by atoms with E-state index in [0.29, 0.717) is 12.1 Å². The van der Waals surface area contributed by atoms with Gasteiger partial charge in [0.25, 0.3) is 5.56 Å². The number of benzene rings is 3. The van der Waals surface area contributed by atoms with E-state index in [1.165, 1.54) is 0 Å². The Balaban J connectivity index is 2.01. The highest BCUT2D eigenvalue weighted by Gasteiger charge is 2.21. The van der Waals surface area contributed by atoms with Crippen LogP contribution in [0.15, 0.2) is 95.8 Å². The average molecular weight is 424 g/mol. The van der Waals surface area contributed by atoms with E-state index in [0.717, 1.165) is 47.6 Å². The summed E-state index contributed by atoms with van der Waals surface area (Å²) in [6.07, 6.45) is 0. The van der Waals surface area contributed by atoms with Crippen molar-refractivity contribution >= 4 is 0 Å². The fraction of sp³-hybridized carbons (Fsp3) is 0.214. The van der Waals surface area contributed by atoms with Crippen LogP contribution >= 0.6 is 0 Å². The van der Waals surface area contributed by atoms with Crippen LogP contribution < -0.4 is 5.56 Å². The first-order chi connectivity index (χ1) is 15.7. The molecule has 0 amide bonds. The first-order valence-corrected chi connectivity index (χ1v) is 11.3. The maximum Gasteiger partial charge on any atom is 0.275 e. The molecular weight excluding hydrogens is 394 g/mol. The molecule has 4 aromatic rings. The Morgan fingerprint density at radius 2 is 1.16 bits per heavy atom. The molecule has 1 aromatic heterocycles. The number of hydrogen-bond acceptors (Lipinski definition) is 3. The minimum absolute atomic E-state index is 0.0538. The number of likely N-dealkylation sites (N-methyl/N-ethyl adjacent to an activating group) is 1. The lowest BCUT2D eigenvalue weighted by Gasteiger charge is -2.21. The van der Waals surface area contributed by atoms with Gasteiger partial charge >= 0.3 is 0 Å². The summed E-state index contributed by atoms with van der Waals surface area (Å²) in [5.41, 5.74) is 5.26. The quantitative estimate of drug-likeness (QED) is 0.371. The largest absolute Gasteiger partial charge is 0.302 e. The lowest BCUT2D eigenvalue weighted by molar-refractivity contribution is 0.283. The highest BCUT2D eigenvalue weighted by molar-refractivity contribution is 5.92. The average Bonchev–Trinajstić information content (AvgIpc) is 2.86. The molecule has 0 bridgehead atoms. The molecule has 0 radical (unpaired) electrons. The highest BCUT2D eigenvalue weighted by atomic mass is 16.1. The standard InChI is InChI=1S/C28H29N3O/c1-3-30(4-2)20-21-31-28(32)26(23-16-10-6-11-17-23)25(22-14-8-5-9-15-22)27(29-31)24-18-12-7-13-19-24/h5-19H,3-4,20-21H2,1-2H3. The van der Waals surface area contributed by atoms with Gasteiger partial charge in [0.15, 0.2) is 0 Å². The zero-order chi connectivity index (χ0) is 22.3. The van der Waals surface area contributed by atoms with Crippen LogP contribution in [0.3, 0.4) is 0 Å². The van der Waals surface area contributed by atoms with Gasteiger partial charge in [0.1, 0.15) is 0 Å². The lowest BCUT2D eigenvalue weighted by Crippen LogP contribution is -2.33. The molecule has 0 unspecified atom stereocenters. The Morgan fingerprint density at radius 3 is 1.66 bits per heavy atom. The van der Waals surface area contributed by atoms with Gasteiger partial charge < -0.3 is 4.90 Å². The predicted octanol–water partition coefficient (Wildman–Crippen LogP) is 5.59. The van der Waals surface area contributed by atoms with E-state index >= 15 is 0 Å². The van der Waals surface area contributed by atoms with E-state index in [1.54, 1.807) is 4.68 Å². The number of rotatable bonds is 8. The Bertz CT molecular complexity index is 1200. The molecule has 0 spiro atoms. The molecule has 0 N–H and O–H groups in total. The van der Waals surface area contributed by atoms with E-state index in [9.17, 15) is 4.79 Å². The van der Waals surface area contributed by atoms with Gasteiger partial charge in [-0.2, -0.15) is 5.10 Å². The van der Waals surface area contributed by atoms with Crippen molar-refractivity contribution in [3.63, 3.8) is 0 Å². The molecule has 1 heterocycles. The Kier molecular flexibility index (Phi) is 6.93. The summed E-state index contributed by atoms with van der Waals surface area (Å²) in [5, 5.41) is 4.92. The molecule has 162 valence electrons. The number of hydrogen-bond donors (Lipinski definition) is 0. The minimum Gasteiger partial charge on any atom is -0.302 e.